The number of fused-ring (bicyclic) bond motifs is 2. The SMILES string of the molecule is CC(C)(C)OC(=O)NC(Cc1ccc(OCc2ccccc2)cc1)C(=O)Oc1ccc2c(=O)c(-c3ccc4c(c3)OCCO4)c(C(F)(F)F)oc2c1. The second-order valence-corrected chi connectivity index (χ2v) is 12.9. The summed E-state index contributed by atoms with van der Waals surface area (Å²) in [4.78, 5) is 39.8. The van der Waals surface area contributed by atoms with Crippen molar-refractivity contribution in [3.05, 3.63) is 118 Å². The number of rotatable bonds is 9. The molecule has 1 amide bonds. The predicted molar refractivity (Wildman–Crippen MR) is 184 cm³/mol. The van der Waals surface area contributed by atoms with E-state index < -0.39 is 52.2 Å². The highest BCUT2D eigenvalue weighted by Crippen LogP contribution is 2.41. The summed E-state index contributed by atoms with van der Waals surface area (Å²) < 4.78 is 76.0. The van der Waals surface area contributed by atoms with E-state index in [9.17, 15) is 27.6 Å². The van der Waals surface area contributed by atoms with E-state index in [2.05, 4.69) is 5.32 Å². The number of hydrogen-bond acceptors (Lipinski definition) is 9. The van der Waals surface area contributed by atoms with Crippen molar-refractivity contribution in [3.8, 4) is 34.1 Å². The lowest BCUT2D eigenvalue weighted by molar-refractivity contribution is -0.152. The van der Waals surface area contributed by atoms with E-state index in [0.717, 1.165) is 11.6 Å². The number of carbonyl (C=O) groups excluding carboxylic acids is 2. The average molecular weight is 718 g/mol. The maximum Gasteiger partial charge on any atom is 0.450 e. The van der Waals surface area contributed by atoms with Crippen molar-refractivity contribution in [2.24, 2.45) is 0 Å². The molecule has 0 saturated carbocycles. The fourth-order valence-corrected chi connectivity index (χ4v) is 5.43. The molecule has 10 nitrogen and oxygen atoms in total. The third kappa shape index (κ3) is 8.66. The van der Waals surface area contributed by atoms with Crippen LogP contribution in [-0.2, 0) is 28.7 Å². The summed E-state index contributed by atoms with van der Waals surface area (Å²) in [7, 11) is 0. The first kappa shape index (κ1) is 35.8. The van der Waals surface area contributed by atoms with Crippen LogP contribution in [0.3, 0.4) is 0 Å². The summed E-state index contributed by atoms with van der Waals surface area (Å²) in [5.41, 5.74) is -1.46. The van der Waals surface area contributed by atoms with Crippen LogP contribution in [0, 0.1) is 0 Å². The smallest absolute Gasteiger partial charge is 0.450 e. The molecule has 6 rings (SSSR count). The first-order valence-electron chi connectivity index (χ1n) is 16.3. The van der Waals surface area contributed by atoms with Crippen LogP contribution in [0.15, 0.2) is 100 Å². The Bertz CT molecular complexity index is 2140. The zero-order chi connectivity index (χ0) is 37.0. The minimum absolute atomic E-state index is 0.0309. The standard InChI is InChI=1S/C39H34F3NO9/c1-38(2,3)52-37(46)43-29(19-23-9-12-26(13-10-23)49-22-24-7-5-4-6-8-24)36(45)50-27-14-15-28-31(21-27)51-35(39(40,41)42)33(34(28)44)25-11-16-30-32(20-25)48-18-17-47-30/h4-16,20-21,29H,17-19,22H2,1-3H3,(H,43,46). The fourth-order valence-electron chi connectivity index (χ4n) is 5.43. The van der Waals surface area contributed by atoms with E-state index in [-0.39, 0.29) is 42.1 Å². The monoisotopic (exact) mass is 717 g/mol. The Balaban J connectivity index is 1.25. The molecule has 1 atom stereocenters. The molecule has 13 heteroatoms. The van der Waals surface area contributed by atoms with E-state index in [1.165, 1.54) is 30.3 Å². The van der Waals surface area contributed by atoms with Gasteiger partial charge in [0.25, 0.3) is 0 Å². The topological polar surface area (TPSA) is 123 Å². The normalized spacial score (nSPS) is 13.3. The van der Waals surface area contributed by atoms with Gasteiger partial charge >= 0.3 is 18.2 Å². The fraction of sp³-hybridized carbons (Fsp3) is 0.256. The highest BCUT2D eigenvalue weighted by atomic mass is 19.4. The summed E-state index contributed by atoms with van der Waals surface area (Å²) in [6, 6.07) is 22.7. The summed E-state index contributed by atoms with van der Waals surface area (Å²) in [6.07, 6.45) is -5.98. The van der Waals surface area contributed by atoms with Gasteiger partial charge in [0.15, 0.2) is 11.5 Å². The molecule has 1 aliphatic rings. The Morgan fingerprint density at radius 2 is 1.52 bits per heavy atom. The second kappa shape index (κ2) is 14.7. The predicted octanol–water partition coefficient (Wildman–Crippen LogP) is 7.87. The van der Waals surface area contributed by atoms with Crippen LogP contribution in [0.1, 0.15) is 37.7 Å². The van der Waals surface area contributed by atoms with Gasteiger partial charge in [0, 0.05) is 12.5 Å². The van der Waals surface area contributed by atoms with Gasteiger partial charge in [-0.2, -0.15) is 13.2 Å². The number of ether oxygens (including phenoxy) is 5. The van der Waals surface area contributed by atoms with Crippen molar-refractivity contribution >= 4 is 23.0 Å². The van der Waals surface area contributed by atoms with E-state index in [0.29, 0.717) is 23.7 Å². The van der Waals surface area contributed by atoms with Crippen LogP contribution in [0.5, 0.6) is 23.0 Å². The number of amides is 1. The van der Waals surface area contributed by atoms with Crippen LogP contribution in [0.2, 0.25) is 0 Å². The zero-order valence-corrected chi connectivity index (χ0v) is 28.4. The molecule has 0 bridgehead atoms. The Morgan fingerprint density at radius 3 is 2.21 bits per heavy atom. The largest absolute Gasteiger partial charge is 0.489 e. The number of nitrogens with one attached hydrogen (secondary N) is 1. The van der Waals surface area contributed by atoms with Crippen LogP contribution in [0.4, 0.5) is 18.0 Å². The molecule has 0 fully saturated rings. The van der Waals surface area contributed by atoms with Gasteiger partial charge in [-0.3, -0.25) is 4.79 Å². The molecule has 0 aliphatic carbocycles. The molecule has 0 saturated heterocycles. The minimum Gasteiger partial charge on any atom is -0.489 e. The molecule has 1 N–H and O–H groups in total. The number of benzene rings is 4. The van der Waals surface area contributed by atoms with Crippen LogP contribution >= 0.6 is 0 Å². The number of alkyl carbamates (subject to hydrolysis) is 1. The third-order valence-electron chi connectivity index (χ3n) is 7.76. The van der Waals surface area contributed by atoms with Gasteiger partial charge in [-0.1, -0.05) is 48.5 Å². The number of esters is 1. The lowest BCUT2D eigenvalue weighted by atomic mass is 10.0. The molecule has 4 aromatic carbocycles. The lowest BCUT2D eigenvalue weighted by Crippen LogP contribution is -2.46. The maximum absolute atomic E-state index is 14.4. The Labute approximate surface area is 296 Å². The zero-order valence-electron chi connectivity index (χ0n) is 28.4. The Hall–Kier alpha value is -5.98. The molecule has 0 radical (unpaired) electrons. The highest BCUT2D eigenvalue weighted by molar-refractivity contribution is 5.87. The number of alkyl halides is 3. The van der Waals surface area contributed by atoms with E-state index in [1.807, 2.05) is 30.3 Å². The third-order valence-corrected chi connectivity index (χ3v) is 7.76. The van der Waals surface area contributed by atoms with Crippen molar-refractivity contribution in [2.75, 3.05) is 13.2 Å². The van der Waals surface area contributed by atoms with Crippen LogP contribution < -0.4 is 29.7 Å². The quantitative estimate of drug-likeness (QED) is 0.120. The molecule has 270 valence electrons. The molecule has 1 aromatic heterocycles. The second-order valence-electron chi connectivity index (χ2n) is 12.9. The maximum atomic E-state index is 14.4. The molecule has 5 aromatic rings. The average Bonchev–Trinajstić information content (AvgIpc) is 3.10. The van der Waals surface area contributed by atoms with E-state index >= 15 is 0 Å². The van der Waals surface area contributed by atoms with Crippen LogP contribution in [-0.4, -0.2) is 36.9 Å². The number of halogens is 3. The van der Waals surface area contributed by atoms with Gasteiger partial charge in [0.1, 0.15) is 48.5 Å². The van der Waals surface area contributed by atoms with Gasteiger partial charge in [0.2, 0.25) is 11.2 Å². The van der Waals surface area contributed by atoms with Gasteiger partial charge < -0.3 is 33.4 Å². The highest BCUT2D eigenvalue weighted by Gasteiger charge is 2.40. The van der Waals surface area contributed by atoms with Gasteiger partial charge in [-0.05, 0) is 73.9 Å². The van der Waals surface area contributed by atoms with Gasteiger partial charge in [-0.15, -0.1) is 0 Å². The molecular weight excluding hydrogens is 683 g/mol. The molecule has 1 aliphatic heterocycles. The lowest BCUT2D eigenvalue weighted by Gasteiger charge is -2.23. The Kier molecular flexibility index (Phi) is 10.1. The van der Waals surface area contributed by atoms with E-state index in [4.69, 9.17) is 28.1 Å². The van der Waals surface area contributed by atoms with Crippen LogP contribution in [0.25, 0.3) is 22.1 Å². The van der Waals surface area contributed by atoms with Crippen molar-refractivity contribution in [1.29, 1.82) is 0 Å². The van der Waals surface area contributed by atoms with E-state index in [1.54, 1.807) is 45.0 Å². The number of hydrogen-bond donors (Lipinski definition) is 1. The molecule has 52 heavy (non-hydrogen) atoms. The van der Waals surface area contributed by atoms with Crippen molar-refractivity contribution in [1.82, 2.24) is 5.32 Å². The van der Waals surface area contributed by atoms with Gasteiger partial charge in [-0.25, -0.2) is 9.59 Å². The van der Waals surface area contributed by atoms with Crippen molar-refractivity contribution < 1.29 is 50.9 Å². The molecule has 1 unspecified atom stereocenters. The first-order valence-corrected chi connectivity index (χ1v) is 16.3. The van der Waals surface area contributed by atoms with Gasteiger partial charge in [0.05, 0.1) is 10.9 Å². The first-order chi connectivity index (χ1) is 24.7. The molecular formula is C39H34F3NO9. The summed E-state index contributed by atoms with van der Waals surface area (Å²) in [5, 5.41) is 2.33. The van der Waals surface area contributed by atoms with Crippen molar-refractivity contribution in [3.63, 3.8) is 0 Å². The molecule has 0 spiro atoms. The summed E-state index contributed by atoms with van der Waals surface area (Å²) >= 11 is 0. The molecule has 2 heterocycles. The number of carbonyl (C=O) groups is 2. The van der Waals surface area contributed by atoms with Crippen molar-refractivity contribution in [2.45, 2.75) is 51.6 Å². The minimum atomic E-state index is -5.06. The summed E-state index contributed by atoms with van der Waals surface area (Å²) in [5.74, 6) is -1.59. The summed E-state index contributed by atoms with van der Waals surface area (Å²) in [6.45, 7) is 5.80. The Morgan fingerprint density at radius 1 is 0.827 bits per heavy atom.